The maximum atomic E-state index is 3.39. The third kappa shape index (κ3) is 4.28. The number of thiophene rings is 1. The summed E-state index contributed by atoms with van der Waals surface area (Å²) in [5.74, 6) is 0. The minimum Gasteiger partial charge on any atom is -0.312 e. The summed E-state index contributed by atoms with van der Waals surface area (Å²) in [7, 11) is 2.26. The predicted molar refractivity (Wildman–Crippen MR) is 83.7 cm³/mol. The molecule has 19 heavy (non-hydrogen) atoms. The molecule has 1 aliphatic heterocycles. The summed E-state index contributed by atoms with van der Waals surface area (Å²) in [5.41, 5.74) is 0. The van der Waals surface area contributed by atoms with Gasteiger partial charge in [0.25, 0.3) is 0 Å². The molecule has 1 aromatic heterocycles. The zero-order chi connectivity index (χ0) is 13.7. The van der Waals surface area contributed by atoms with Crippen molar-refractivity contribution in [3.05, 3.63) is 21.9 Å². The largest absolute Gasteiger partial charge is 0.312 e. The lowest BCUT2D eigenvalue weighted by molar-refractivity contribution is 0.0891. The van der Waals surface area contributed by atoms with Gasteiger partial charge in [-0.1, -0.05) is 13.8 Å². The molecule has 0 bridgehead atoms. The SMILES string of the molecule is CCNCc1ccc(CN2CCN(C)C(CC)C2)s1. The molecule has 0 amide bonds. The first-order valence-electron chi connectivity index (χ1n) is 7.43. The molecule has 0 saturated carbocycles. The third-order valence-corrected chi connectivity index (χ3v) is 5.05. The standard InChI is InChI=1S/C15H27N3S/c1-4-13-11-18(9-8-17(13)3)12-15-7-6-14(19-15)10-16-5-2/h6-7,13,16H,4-5,8-12H2,1-3H3. The zero-order valence-electron chi connectivity index (χ0n) is 12.5. The summed E-state index contributed by atoms with van der Waals surface area (Å²) in [6, 6.07) is 5.31. The highest BCUT2D eigenvalue weighted by molar-refractivity contribution is 7.11. The Labute approximate surface area is 121 Å². The Bertz CT molecular complexity index is 377. The maximum absolute atomic E-state index is 3.39. The highest BCUT2D eigenvalue weighted by atomic mass is 32.1. The second kappa shape index (κ2) is 7.39. The highest BCUT2D eigenvalue weighted by Crippen LogP contribution is 2.20. The van der Waals surface area contributed by atoms with Crippen LogP contribution in [0.4, 0.5) is 0 Å². The van der Waals surface area contributed by atoms with Crippen LogP contribution >= 0.6 is 11.3 Å². The number of hydrogen-bond donors (Lipinski definition) is 1. The summed E-state index contributed by atoms with van der Waals surface area (Å²) in [5, 5.41) is 3.39. The van der Waals surface area contributed by atoms with Crippen LogP contribution in [0.2, 0.25) is 0 Å². The Morgan fingerprint density at radius 2 is 2.05 bits per heavy atom. The minimum atomic E-state index is 0.731. The number of rotatable bonds is 6. The molecule has 1 aromatic rings. The molecule has 1 saturated heterocycles. The van der Waals surface area contributed by atoms with Crippen molar-refractivity contribution in [3.8, 4) is 0 Å². The van der Waals surface area contributed by atoms with Gasteiger partial charge in [-0.15, -0.1) is 11.3 Å². The number of piperazine rings is 1. The van der Waals surface area contributed by atoms with Crippen LogP contribution in [0.1, 0.15) is 30.0 Å². The van der Waals surface area contributed by atoms with Crippen LogP contribution in [0, 0.1) is 0 Å². The second-order valence-electron chi connectivity index (χ2n) is 5.43. The molecule has 1 atom stereocenters. The van der Waals surface area contributed by atoms with Crippen molar-refractivity contribution in [2.45, 2.75) is 39.4 Å². The van der Waals surface area contributed by atoms with Crippen molar-refractivity contribution in [3.63, 3.8) is 0 Å². The molecule has 2 rings (SSSR count). The van der Waals surface area contributed by atoms with Crippen LogP contribution in [-0.4, -0.2) is 49.1 Å². The van der Waals surface area contributed by atoms with E-state index < -0.39 is 0 Å². The fourth-order valence-electron chi connectivity index (χ4n) is 2.67. The van der Waals surface area contributed by atoms with Gasteiger partial charge in [-0.25, -0.2) is 0 Å². The number of likely N-dealkylation sites (N-methyl/N-ethyl adjacent to an activating group) is 1. The second-order valence-corrected chi connectivity index (χ2v) is 6.68. The predicted octanol–water partition coefficient (Wildman–Crippen LogP) is 2.38. The summed E-state index contributed by atoms with van der Waals surface area (Å²) < 4.78 is 0. The molecule has 2 heterocycles. The lowest BCUT2D eigenvalue weighted by Gasteiger charge is -2.38. The van der Waals surface area contributed by atoms with Crippen molar-refractivity contribution in [2.75, 3.05) is 33.2 Å². The Morgan fingerprint density at radius 3 is 2.79 bits per heavy atom. The Morgan fingerprint density at radius 1 is 1.26 bits per heavy atom. The topological polar surface area (TPSA) is 18.5 Å². The van der Waals surface area contributed by atoms with Gasteiger partial charge in [0.15, 0.2) is 0 Å². The van der Waals surface area contributed by atoms with E-state index in [1.807, 2.05) is 11.3 Å². The molecule has 0 spiro atoms. The van der Waals surface area contributed by atoms with Crippen molar-refractivity contribution in [1.82, 2.24) is 15.1 Å². The van der Waals surface area contributed by atoms with E-state index >= 15 is 0 Å². The molecular formula is C15H27N3S. The van der Waals surface area contributed by atoms with Gasteiger partial charge in [-0.3, -0.25) is 4.90 Å². The molecule has 0 radical (unpaired) electrons. The normalized spacial score (nSPS) is 21.9. The summed E-state index contributed by atoms with van der Waals surface area (Å²) in [6.45, 7) is 11.3. The van der Waals surface area contributed by atoms with Gasteiger partial charge in [0.05, 0.1) is 0 Å². The molecule has 1 fully saturated rings. The molecule has 0 aliphatic carbocycles. The van der Waals surface area contributed by atoms with Crippen LogP contribution in [0.25, 0.3) is 0 Å². The molecular weight excluding hydrogens is 254 g/mol. The van der Waals surface area contributed by atoms with E-state index in [9.17, 15) is 0 Å². The van der Waals surface area contributed by atoms with Gasteiger partial charge < -0.3 is 10.2 Å². The molecule has 108 valence electrons. The summed E-state index contributed by atoms with van der Waals surface area (Å²) >= 11 is 1.96. The van der Waals surface area contributed by atoms with Crippen LogP contribution in [0.5, 0.6) is 0 Å². The number of nitrogens with zero attached hydrogens (tertiary/aromatic N) is 2. The highest BCUT2D eigenvalue weighted by Gasteiger charge is 2.22. The van der Waals surface area contributed by atoms with Gasteiger partial charge in [-0.05, 0) is 32.1 Å². The fraction of sp³-hybridized carbons (Fsp3) is 0.733. The average molecular weight is 281 g/mol. The van der Waals surface area contributed by atoms with Gasteiger partial charge in [0.2, 0.25) is 0 Å². The van der Waals surface area contributed by atoms with E-state index in [0.717, 1.165) is 25.7 Å². The first-order chi connectivity index (χ1) is 9.22. The number of hydrogen-bond acceptors (Lipinski definition) is 4. The Balaban J connectivity index is 1.85. The van der Waals surface area contributed by atoms with E-state index in [0.29, 0.717) is 0 Å². The zero-order valence-corrected chi connectivity index (χ0v) is 13.3. The minimum absolute atomic E-state index is 0.731. The molecule has 0 aromatic carbocycles. The van der Waals surface area contributed by atoms with Crippen LogP contribution in [0.3, 0.4) is 0 Å². The molecule has 1 unspecified atom stereocenters. The van der Waals surface area contributed by atoms with Crippen LogP contribution in [0.15, 0.2) is 12.1 Å². The lowest BCUT2D eigenvalue weighted by atomic mass is 10.1. The molecule has 1 aliphatic rings. The maximum Gasteiger partial charge on any atom is 0.0329 e. The summed E-state index contributed by atoms with van der Waals surface area (Å²) in [6.07, 6.45) is 1.25. The van der Waals surface area contributed by atoms with E-state index in [1.54, 1.807) is 0 Å². The van der Waals surface area contributed by atoms with Crippen molar-refractivity contribution >= 4 is 11.3 Å². The summed E-state index contributed by atoms with van der Waals surface area (Å²) in [4.78, 5) is 8.07. The molecule has 4 heteroatoms. The Hall–Kier alpha value is -0.420. The Kier molecular flexibility index (Phi) is 5.82. The van der Waals surface area contributed by atoms with Crippen LogP contribution < -0.4 is 5.32 Å². The average Bonchev–Trinajstić information content (AvgIpc) is 2.86. The van der Waals surface area contributed by atoms with Crippen molar-refractivity contribution in [2.24, 2.45) is 0 Å². The third-order valence-electron chi connectivity index (χ3n) is 3.98. The van der Waals surface area contributed by atoms with Gasteiger partial charge in [0, 0.05) is 48.5 Å². The smallest absolute Gasteiger partial charge is 0.0329 e. The lowest BCUT2D eigenvalue weighted by Crippen LogP contribution is -2.50. The van der Waals surface area contributed by atoms with Gasteiger partial charge in [-0.2, -0.15) is 0 Å². The monoisotopic (exact) mass is 281 g/mol. The first kappa shape index (κ1) is 15.0. The van der Waals surface area contributed by atoms with E-state index in [-0.39, 0.29) is 0 Å². The van der Waals surface area contributed by atoms with E-state index in [2.05, 4.69) is 48.1 Å². The first-order valence-corrected chi connectivity index (χ1v) is 8.25. The van der Waals surface area contributed by atoms with Crippen LogP contribution in [-0.2, 0) is 13.1 Å². The van der Waals surface area contributed by atoms with Crippen molar-refractivity contribution < 1.29 is 0 Å². The van der Waals surface area contributed by atoms with Crippen molar-refractivity contribution in [1.29, 1.82) is 0 Å². The van der Waals surface area contributed by atoms with Gasteiger partial charge >= 0.3 is 0 Å². The number of nitrogens with one attached hydrogen (secondary N) is 1. The molecule has 1 N–H and O–H groups in total. The molecule has 3 nitrogen and oxygen atoms in total. The van der Waals surface area contributed by atoms with Gasteiger partial charge in [0.1, 0.15) is 0 Å². The fourth-order valence-corrected chi connectivity index (χ4v) is 3.70. The van der Waals surface area contributed by atoms with E-state index in [1.165, 1.54) is 35.8 Å². The quantitative estimate of drug-likeness (QED) is 0.864. The van der Waals surface area contributed by atoms with E-state index in [4.69, 9.17) is 0 Å².